The first-order valence-electron chi connectivity index (χ1n) is 9.32. The van der Waals surface area contributed by atoms with Crippen LogP contribution in [0.15, 0.2) is 30.5 Å². The van der Waals surface area contributed by atoms with Crippen molar-refractivity contribution in [1.29, 1.82) is 0 Å². The maximum atomic E-state index is 13.1. The summed E-state index contributed by atoms with van der Waals surface area (Å²) >= 11 is 0. The van der Waals surface area contributed by atoms with Crippen LogP contribution in [0.2, 0.25) is 0 Å². The fourth-order valence-electron chi connectivity index (χ4n) is 3.57. The summed E-state index contributed by atoms with van der Waals surface area (Å²) in [7, 11) is 0. The van der Waals surface area contributed by atoms with Gasteiger partial charge in [0.15, 0.2) is 0 Å². The minimum Gasteiger partial charge on any atom is -0.380 e. The van der Waals surface area contributed by atoms with Crippen molar-refractivity contribution in [2.24, 2.45) is 5.92 Å². The van der Waals surface area contributed by atoms with Crippen molar-refractivity contribution in [2.75, 3.05) is 19.8 Å². The molecule has 0 radical (unpaired) electrons. The molecule has 1 aromatic heterocycles. The molecule has 1 atom stereocenters. The summed E-state index contributed by atoms with van der Waals surface area (Å²) in [4.78, 5) is 2.42. The van der Waals surface area contributed by atoms with E-state index in [1.807, 2.05) is 16.8 Å². The van der Waals surface area contributed by atoms with E-state index in [0.29, 0.717) is 5.92 Å². The van der Waals surface area contributed by atoms with Gasteiger partial charge in [0.25, 0.3) is 0 Å². The van der Waals surface area contributed by atoms with Crippen LogP contribution in [0.25, 0.3) is 0 Å². The van der Waals surface area contributed by atoms with Gasteiger partial charge in [0.05, 0.1) is 12.3 Å². The van der Waals surface area contributed by atoms with E-state index in [1.165, 1.54) is 36.2 Å². The average molecular weight is 343 g/mol. The molecule has 0 bridgehead atoms. The molecule has 134 valence electrons. The number of benzene rings is 1. The molecule has 1 aromatic carbocycles. The molecule has 2 aromatic rings. The first kappa shape index (κ1) is 16.7. The van der Waals surface area contributed by atoms with E-state index in [0.717, 1.165) is 50.9 Å². The van der Waals surface area contributed by atoms with Crippen molar-refractivity contribution in [3.63, 3.8) is 0 Å². The van der Waals surface area contributed by atoms with Gasteiger partial charge in [0.1, 0.15) is 5.82 Å². The lowest BCUT2D eigenvalue weighted by molar-refractivity contribution is 0.0881. The van der Waals surface area contributed by atoms with Gasteiger partial charge in [-0.3, -0.25) is 9.58 Å². The third-order valence-corrected chi connectivity index (χ3v) is 5.14. The van der Waals surface area contributed by atoms with E-state index in [2.05, 4.69) is 18.0 Å². The zero-order valence-electron chi connectivity index (χ0n) is 14.8. The van der Waals surface area contributed by atoms with Crippen LogP contribution in [0.4, 0.5) is 4.39 Å². The summed E-state index contributed by atoms with van der Waals surface area (Å²) < 4.78 is 21.1. The minimum atomic E-state index is -0.180. The second-order valence-corrected chi connectivity index (χ2v) is 7.37. The Kier molecular flexibility index (Phi) is 4.86. The highest BCUT2D eigenvalue weighted by molar-refractivity contribution is 5.25. The van der Waals surface area contributed by atoms with Crippen molar-refractivity contribution >= 4 is 0 Å². The van der Waals surface area contributed by atoms with Crippen LogP contribution in [-0.4, -0.2) is 34.4 Å². The summed E-state index contributed by atoms with van der Waals surface area (Å²) in [5.74, 6) is 0.919. The molecule has 2 aliphatic rings. The normalized spacial score (nSPS) is 20.6. The molecule has 4 rings (SSSR count). The number of fused-ring (bicyclic) bond motifs is 1. The van der Waals surface area contributed by atoms with Gasteiger partial charge in [0.2, 0.25) is 0 Å². The monoisotopic (exact) mass is 343 g/mol. The molecule has 0 N–H and O–H groups in total. The smallest absolute Gasteiger partial charge is 0.123 e. The first-order valence-corrected chi connectivity index (χ1v) is 9.32. The third-order valence-electron chi connectivity index (χ3n) is 5.14. The summed E-state index contributed by atoms with van der Waals surface area (Å²) in [5, 5.41) is 4.78. The Morgan fingerprint density at radius 1 is 1.20 bits per heavy atom. The van der Waals surface area contributed by atoms with Gasteiger partial charge in [-0.15, -0.1) is 0 Å². The second-order valence-electron chi connectivity index (χ2n) is 7.37. The Hall–Kier alpha value is -1.72. The van der Waals surface area contributed by atoms with E-state index in [-0.39, 0.29) is 5.82 Å². The van der Waals surface area contributed by atoms with Crippen LogP contribution in [-0.2, 0) is 24.4 Å². The van der Waals surface area contributed by atoms with Gasteiger partial charge in [-0.05, 0) is 43.4 Å². The van der Waals surface area contributed by atoms with Crippen LogP contribution in [0.5, 0.6) is 0 Å². The van der Waals surface area contributed by atoms with Gasteiger partial charge >= 0.3 is 0 Å². The highest BCUT2D eigenvalue weighted by Crippen LogP contribution is 2.31. The summed E-state index contributed by atoms with van der Waals surface area (Å²) in [6, 6.07) is 6.82. The van der Waals surface area contributed by atoms with Crippen molar-refractivity contribution in [1.82, 2.24) is 14.7 Å². The van der Waals surface area contributed by atoms with Gasteiger partial charge in [-0.25, -0.2) is 4.39 Å². The number of nitrogens with zero attached hydrogens (tertiary/aromatic N) is 3. The van der Waals surface area contributed by atoms with Gasteiger partial charge in [-0.1, -0.05) is 12.1 Å². The lowest BCUT2D eigenvalue weighted by Gasteiger charge is -2.32. The summed E-state index contributed by atoms with van der Waals surface area (Å²) in [5.41, 5.74) is 3.65. The Labute approximate surface area is 148 Å². The molecule has 0 amide bonds. The fraction of sp³-hybridized carbons (Fsp3) is 0.550. The maximum Gasteiger partial charge on any atom is 0.123 e. The molecule has 5 heteroatoms. The molecule has 25 heavy (non-hydrogen) atoms. The topological polar surface area (TPSA) is 30.3 Å². The van der Waals surface area contributed by atoms with E-state index >= 15 is 0 Å². The number of aromatic nitrogens is 2. The largest absolute Gasteiger partial charge is 0.380 e. The zero-order chi connectivity index (χ0) is 17.2. The molecule has 1 saturated carbocycles. The van der Waals surface area contributed by atoms with Gasteiger partial charge in [-0.2, -0.15) is 5.10 Å². The minimum absolute atomic E-state index is 0.180. The number of rotatable bonds is 7. The summed E-state index contributed by atoms with van der Waals surface area (Å²) in [6.45, 7) is 7.30. The zero-order valence-corrected chi connectivity index (χ0v) is 14.8. The Bertz CT molecular complexity index is 708. The molecule has 2 heterocycles. The van der Waals surface area contributed by atoms with E-state index in [1.54, 1.807) is 0 Å². The second kappa shape index (κ2) is 7.26. The highest BCUT2D eigenvalue weighted by Gasteiger charge is 2.29. The lowest BCUT2D eigenvalue weighted by Crippen LogP contribution is -2.35. The molecule has 1 aliphatic heterocycles. The molecule has 0 spiro atoms. The molecule has 1 fully saturated rings. The van der Waals surface area contributed by atoms with Crippen LogP contribution in [0, 0.1) is 11.7 Å². The predicted molar refractivity (Wildman–Crippen MR) is 94.7 cm³/mol. The number of halogens is 1. The van der Waals surface area contributed by atoms with Gasteiger partial charge in [0, 0.05) is 50.5 Å². The number of hydrogen-bond donors (Lipinski definition) is 0. The van der Waals surface area contributed by atoms with Crippen LogP contribution in [0.1, 0.15) is 42.5 Å². The number of hydrogen-bond acceptors (Lipinski definition) is 3. The Morgan fingerprint density at radius 3 is 2.72 bits per heavy atom. The Morgan fingerprint density at radius 2 is 2.00 bits per heavy atom. The van der Waals surface area contributed by atoms with Gasteiger partial charge < -0.3 is 4.74 Å². The average Bonchev–Trinajstić information content (AvgIpc) is 3.33. The van der Waals surface area contributed by atoms with Crippen LogP contribution >= 0.6 is 0 Å². The molecular formula is C20H26FN3O. The van der Waals surface area contributed by atoms with Crippen molar-refractivity contribution in [2.45, 2.75) is 45.3 Å². The summed E-state index contributed by atoms with van der Waals surface area (Å²) in [6.07, 6.45) is 4.80. The molecule has 1 aliphatic carbocycles. The third kappa shape index (κ3) is 4.10. The van der Waals surface area contributed by atoms with E-state index in [9.17, 15) is 4.39 Å². The van der Waals surface area contributed by atoms with E-state index in [4.69, 9.17) is 9.84 Å². The van der Waals surface area contributed by atoms with Crippen molar-refractivity contribution in [3.8, 4) is 0 Å². The first-order chi connectivity index (χ1) is 12.2. The van der Waals surface area contributed by atoms with Crippen molar-refractivity contribution in [3.05, 3.63) is 53.1 Å². The molecule has 0 unspecified atom stereocenters. The van der Waals surface area contributed by atoms with Crippen LogP contribution in [0.3, 0.4) is 0 Å². The maximum absolute atomic E-state index is 13.1. The lowest BCUT2D eigenvalue weighted by atomic mass is 9.97. The standard InChI is InChI=1S/C20H26FN3O/c1-2-24-12-17-10-23(9-15-5-7-19(21)8-6-15)11-18(20(17)22-24)14-25-13-16-3-4-16/h5-8,12,16,18H,2-4,9-11,13-14H2,1H3/t18-/m1/s1. The quantitative estimate of drug-likeness (QED) is 0.770. The Balaban J connectivity index is 1.46. The molecular weight excluding hydrogens is 317 g/mol. The number of aryl methyl sites for hydroxylation is 1. The molecule has 4 nitrogen and oxygen atoms in total. The predicted octanol–water partition coefficient (Wildman–Crippen LogP) is 3.57. The SMILES string of the molecule is CCn1cc2c(n1)[C@@H](COCC1CC1)CN(Cc1ccc(F)cc1)C2. The van der Waals surface area contributed by atoms with Crippen LogP contribution < -0.4 is 0 Å². The fourth-order valence-corrected chi connectivity index (χ4v) is 3.57. The highest BCUT2D eigenvalue weighted by atomic mass is 19.1. The molecule has 0 saturated heterocycles. The van der Waals surface area contributed by atoms with E-state index < -0.39 is 0 Å². The number of ether oxygens (including phenoxy) is 1. The van der Waals surface area contributed by atoms with Crippen molar-refractivity contribution < 1.29 is 9.13 Å².